The fraction of sp³-hybridized carbons (Fsp3) is 0.387. The molecule has 6 heteroatoms. The van der Waals surface area contributed by atoms with Gasteiger partial charge in [-0.25, -0.2) is 0 Å². The van der Waals surface area contributed by atoms with Crippen LogP contribution in [0.3, 0.4) is 0 Å². The summed E-state index contributed by atoms with van der Waals surface area (Å²) < 4.78 is 5.74. The maximum Gasteiger partial charge on any atom is 0.242 e. The quantitative estimate of drug-likeness (QED) is 0.275. The van der Waals surface area contributed by atoms with Gasteiger partial charge in [-0.2, -0.15) is 0 Å². The summed E-state index contributed by atoms with van der Waals surface area (Å²) >= 11 is 0. The molecule has 0 aliphatic carbocycles. The van der Waals surface area contributed by atoms with Crippen LogP contribution in [0.25, 0.3) is 11.0 Å². The Labute approximate surface area is 219 Å². The van der Waals surface area contributed by atoms with Gasteiger partial charge in [0.2, 0.25) is 11.8 Å². The van der Waals surface area contributed by atoms with Crippen molar-refractivity contribution in [3.05, 3.63) is 94.4 Å². The van der Waals surface area contributed by atoms with E-state index in [2.05, 4.69) is 13.5 Å². The van der Waals surface area contributed by atoms with Gasteiger partial charge in [-0.15, -0.1) is 6.58 Å². The average molecular weight is 503 g/mol. The van der Waals surface area contributed by atoms with Gasteiger partial charge < -0.3 is 14.2 Å². The Morgan fingerprint density at radius 3 is 2.49 bits per heavy atom. The number of benzene rings is 2. The number of nitrogens with zero attached hydrogens (tertiary/aromatic N) is 2. The molecule has 0 saturated carbocycles. The molecule has 2 amide bonds. The Hall–Kier alpha value is -3.67. The number of unbranched alkanes of at least 4 members (excludes halogenated alkanes) is 1. The van der Waals surface area contributed by atoms with Gasteiger partial charge in [-0.1, -0.05) is 74.7 Å². The van der Waals surface area contributed by atoms with Crippen LogP contribution in [0.5, 0.6) is 0 Å². The fourth-order valence-corrected chi connectivity index (χ4v) is 4.50. The summed E-state index contributed by atoms with van der Waals surface area (Å²) in [6.45, 7) is 10.5. The molecule has 3 aromatic rings. The molecule has 3 rings (SSSR count). The van der Waals surface area contributed by atoms with Gasteiger partial charge in [0.25, 0.3) is 0 Å². The van der Waals surface area contributed by atoms with Crippen LogP contribution in [-0.4, -0.2) is 34.7 Å². The van der Waals surface area contributed by atoms with E-state index >= 15 is 0 Å². The van der Waals surface area contributed by atoms with Crippen LogP contribution in [0.4, 0.5) is 0 Å². The zero-order valence-corrected chi connectivity index (χ0v) is 22.2. The van der Waals surface area contributed by atoms with Crippen LogP contribution in [0, 0.1) is 12.8 Å². The van der Waals surface area contributed by atoms with E-state index < -0.39 is 0 Å². The third-order valence-electron chi connectivity index (χ3n) is 6.67. The molecule has 1 aromatic heterocycles. The second kappa shape index (κ2) is 13.6. The number of carbonyl (C=O) groups excluding carboxylic acids is 2. The second-order valence-electron chi connectivity index (χ2n) is 9.58. The lowest BCUT2D eigenvalue weighted by atomic mass is 9.97. The summed E-state index contributed by atoms with van der Waals surface area (Å²) in [4.78, 5) is 43.5. The molecule has 0 fully saturated rings. The summed E-state index contributed by atoms with van der Waals surface area (Å²) in [5, 5.41) is 0.495. The molecular formula is C31H38N2O4. The highest BCUT2D eigenvalue weighted by Crippen LogP contribution is 2.18. The largest absolute Gasteiger partial charge is 0.464 e. The Morgan fingerprint density at radius 1 is 1.05 bits per heavy atom. The molecule has 0 spiro atoms. The number of hydrogen-bond acceptors (Lipinski definition) is 4. The van der Waals surface area contributed by atoms with E-state index in [1.807, 2.05) is 50.2 Å². The number of rotatable bonds is 13. The SMILES string of the molecule is C=CCN(CC(=O)N(Cc1ccccc1)Cc1coc2ccc(C)cc2c1=O)C(=O)C(CC)CCCC. The molecule has 0 aliphatic rings. The second-order valence-corrected chi connectivity index (χ2v) is 9.58. The molecular weight excluding hydrogens is 464 g/mol. The van der Waals surface area contributed by atoms with E-state index in [4.69, 9.17) is 4.42 Å². The zero-order valence-electron chi connectivity index (χ0n) is 22.2. The van der Waals surface area contributed by atoms with Crippen molar-refractivity contribution >= 4 is 22.8 Å². The lowest BCUT2D eigenvalue weighted by Gasteiger charge is -2.29. The minimum atomic E-state index is -0.229. The number of aryl methyl sites for hydroxylation is 1. The maximum atomic E-state index is 13.7. The third kappa shape index (κ3) is 7.42. The van der Waals surface area contributed by atoms with Gasteiger partial charge in [-0.3, -0.25) is 14.4 Å². The molecule has 1 unspecified atom stereocenters. The Kier molecular flexibility index (Phi) is 10.2. The highest BCUT2D eigenvalue weighted by atomic mass is 16.3. The molecule has 0 aliphatic heterocycles. The minimum Gasteiger partial charge on any atom is -0.464 e. The molecule has 0 bridgehead atoms. The van der Waals surface area contributed by atoms with Gasteiger partial charge in [-0.05, 0) is 37.5 Å². The first-order valence-corrected chi connectivity index (χ1v) is 13.1. The molecule has 0 saturated heterocycles. The van der Waals surface area contributed by atoms with Crippen molar-refractivity contribution in [3.63, 3.8) is 0 Å². The van der Waals surface area contributed by atoms with E-state index in [9.17, 15) is 14.4 Å². The van der Waals surface area contributed by atoms with Crippen LogP contribution >= 0.6 is 0 Å². The summed E-state index contributed by atoms with van der Waals surface area (Å²) in [6.07, 6.45) is 6.61. The zero-order chi connectivity index (χ0) is 26.8. The Balaban J connectivity index is 1.89. The van der Waals surface area contributed by atoms with Crippen LogP contribution in [0.15, 0.2) is 76.7 Å². The van der Waals surface area contributed by atoms with Crippen molar-refractivity contribution in [1.29, 1.82) is 0 Å². The van der Waals surface area contributed by atoms with Gasteiger partial charge >= 0.3 is 0 Å². The molecule has 6 nitrogen and oxygen atoms in total. The Morgan fingerprint density at radius 2 is 1.81 bits per heavy atom. The summed E-state index contributed by atoms with van der Waals surface area (Å²) in [5.41, 5.74) is 2.66. The van der Waals surface area contributed by atoms with Crippen LogP contribution < -0.4 is 5.43 Å². The standard InChI is InChI=1S/C31H38N2O4/c1-5-8-14-25(7-3)31(36)32(17-6-2)21-29(34)33(19-24-12-10-9-11-13-24)20-26-22-37-28-16-15-23(4)18-27(28)30(26)35/h6,9-13,15-16,18,22,25H,2,5,7-8,14,17,19-21H2,1,3-4H3. The van der Waals surface area contributed by atoms with Crippen LogP contribution in [0.1, 0.15) is 56.2 Å². The highest BCUT2D eigenvalue weighted by molar-refractivity contribution is 5.86. The first-order chi connectivity index (χ1) is 17.9. The third-order valence-corrected chi connectivity index (χ3v) is 6.67. The van der Waals surface area contributed by atoms with Crippen molar-refractivity contribution < 1.29 is 14.0 Å². The van der Waals surface area contributed by atoms with Gasteiger partial charge in [0.15, 0.2) is 5.43 Å². The maximum absolute atomic E-state index is 13.7. The predicted molar refractivity (Wildman–Crippen MR) is 148 cm³/mol. The van der Waals surface area contributed by atoms with Gasteiger partial charge in [0, 0.05) is 19.0 Å². The van der Waals surface area contributed by atoms with Crippen molar-refractivity contribution in [2.75, 3.05) is 13.1 Å². The number of amides is 2. The van der Waals surface area contributed by atoms with Crippen molar-refractivity contribution in [2.24, 2.45) is 5.92 Å². The van der Waals surface area contributed by atoms with Crippen LogP contribution in [-0.2, 0) is 22.7 Å². The molecule has 37 heavy (non-hydrogen) atoms. The molecule has 0 radical (unpaired) electrons. The van der Waals surface area contributed by atoms with Gasteiger partial charge in [0.05, 0.1) is 23.8 Å². The fourth-order valence-electron chi connectivity index (χ4n) is 4.50. The molecule has 0 N–H and O–H groups in total. The Bertz CT molecular complexity index is 1270. The number of fused-ring (bicyclic) bond motifs is 1. The van der Waals surface area contributed by atoms with Crippen LogP contribution in [0.2, 0.25) is 0 Å². The van der Waals surface area contributed by atoms with E-state index in [1.165, 1.54) is 6.26 Å². The summed E-state index contributed by atoms with van der Waals surface area (Å²) in [5.74, 6) is -0.372. The van der Waals surface area contributed by atoms with Crippen molar-refractivity contribution in [2.45, 2.75) is 59.5 Å². The molecule has 1 heterocycles. The monoisotopic (exact) mass is 502 g/mol. The normalized spacial score (nSPS) is 11.8. The minimum absolute atomic E-state index is 0.0236. The topological polar surface area (TPSA) is 70.8 Å². The van der Waals surface area contributed by atoms with E-state index in [1.54, 1.807) is 28.0 Å². The van der Waals surface area contributed by atoms with Crippen molar-refractivity contribution in [1.82, 2.24) is 9.80 Å². The molecule has 196 valence electrons. The van der Waals surface area contributed by atoms with Crippen molar-refractivity contribution in [3.8, 4) is 0 Å². The summed E-state index contributed by atoms with van der Waals surface area (Å²) in [6, 6.07) is 15.1. The first kappa shape index (κ1) is 27.9. The van der Waals surface area contributed by atoms with E-state index in [-0.39, 0.29) is 36.3 Å². The highest BCUT2D eigenvalue weighted by Gasteiger charge is 2.26. The predicted octanol–water partition coefficient (Wildman–Crippen LogP) is 5.86. The van der Waals surface area contributed by atoms with Gasteiger partial charge in [0.1, 0.15) is 12.1 Å². The first-order valence-electron chi connectivity index (χ1n) is 13.1. The molecule has 2 aromatic carbocycles. The summed E-state index contributed by atoms with van der Waals surface area (Å²) in [7, 11) is 0. The van der Waals surface area contributed by atoms with E-state index in [0.717, 1.165) is 36.8 Å². The molecule has 1 atom stereocenters. The van der Waals surface area contributed by atoms with E-state index in [0.29, 0.717) is 29.6 Å². The lowest BCUT2D eigenvalue weighted by Crippen LogP contribution is -2.45. The number of carbonyl (C=O) groups is 2. The number of hydrogen-bond donors (Lipinski definition) is 0. The smallest absolute Gasteiger partial charge is 0.242 e. The lowest BCUT2D eigenvalue weighted by molar-refractivity contribution is -0.143. The average Bonchev–Trinajstić information content (AvgIpc) is 2.90.